The third-order valence-electron chi connectivity index (χ3n) is 7.06. The number of nitrogens with one attached hydrogen (secondary N) is 1. The van der Waals surface area contributed by atoms with Gasteiger partial charge in [0.05, 0.1) is 12.6 Å². The highest BCUT2D eigenvalue weighted by molar-refractivity contribution is 5.99. The van der Waals surface area contributed by atoms with E-state index in [2.05, 4.69) is 5.32 Å². The lowest BCUT2D eigenvalue weighted by molar-refractivity contribution is -0.0477. The van der Waals surface area contributed by atoms with Crippen LogP contribution in [-0.2, 0) is 16.0 Å². The van der Waals surface area contributed by atoms with Gasteiger partial charge in [0.2, 0.25) is 5.43 Å². The summed E-state index contributed by atoms with van der Waals surface area (Å²) in [7, 11) is 0. The number of aromatic nitrogens is 1. The molecule has 1 aromatic carbocycles. The third-order valence-corrected chi connectivity index (χ3v) is 7.06. The number of rotatable bonds is 3. The van der Waals surface area contributed by atoms with E-state index in [9.17, 15) is 32.7 Å². The monoisotopic (exact) mass is 493 g/mol. The van der Waals surface area contributed by atoms with Crippen LogP contribution in [0.4, 0.5) is 13.2 Å². The van der Waals surface area contributed by atoms with Gasteiger partial charge in [0, 0.05) is 43.0 Å². The molecule has 2 aromatic rings. The molecule has 3 aliphatic rings. The van der Waals surface area contributed by atoms with Crippen molar-refractivity contribution < 1.29 is 37.3 Å². The van der Waals surface area contributed by atoms with E-state index in [0.717, 1.165) is 6.20 Å². The highest BCUT2D eigenvalue weighted by Gasteiger charge is 2.52. The van der Waals surface area contributed by atoms with Gasteiger partial charge in [-0.15, -0.1) is 0 Å². The molecule has 1 aromatic heterocycles. The number of carbonyl (C=O) groups excluding carboxylic acids is 2. The van der Waals surface area contributed by atoms with Crippen LogP contribution in [0.2, 0.25) is 0 Å². The standard InChI is InChI=1S/C23H22F3N3O6/c1-11-2-3-23(9-34-10-35-23)17-8-28(11)22(33)18-20(31)19(30)14(7-29(17)18)21(32)27-6-13-15(25)4-12(24)5-16(13)26/h4-5,7,11,17,31H,2-3,6,8-10H2,1H3,(H,27,32)/t11-,17+,23+/m0/s1. The van der Waals surface area contributed by atoms with Crippen molar-refractivity contribution in [2.75, 3.05) is 19.9 Å². The number of carbonyl (C=O) groups is 2. The van der Waals surface area contributed by atoms with E-state index in [1.165, 1.54) is 4.57 Å². The van der Waals surface area contributed by atoms with Gasteiger partial charge in [-0.05, 0) is 19.8 Å². The van der Waals surface area contributed by atoms with Gasteiger partial charge in [-0.25, -0.2) is 13.2 Å². The molecule has 3 aliphatic heterocycles. The maximum atomic E-state index is 14.0. The van der Waals surface area contributed by atoms with E-state index >= 15 is 0 Å². The molecule has 2 amide bonds. The zero-order chi connectivity index (χ0) is 25.1. The number of halogens is 3. The van der Waals surface area contributed by atoms with Gasteiger partial charge in [0.15, 0.2) is 11.4 Å². The van der Waals surface area contributed by atoms with E-state index in [1.807, 2.05) is 6.92 Å². The summed E-state index contributed by atoms with van der Waals surface area (Å²) in [6, 6.07) is 0.197. The quantitative estimate of drug-likeness (QED) is 0.675. The Morgan fingerprint density at radius 2 is 1.97 bits per heavy atom. The normalized spacial score (nSPS) is 25.5. The van der Waals surface area contributed by atoms with Gasteiger partial charge in [0.1, 0.15) is 35.4 Å². The minimum Gasteiger partial charge on any atom is -0.503 e. The molecular weight excluding hydrogens is 471 g/mol. The Bertz CT molecular complexity index is 1270. The second-order valence-corrected chi connectivity index (χ2v) is 9.04. The lowest BCUT2D eigenvalue weighted by Crippen LogP contribution is -2.53. The number of benzene rings is 1. The van der Waals surface area contributed by atoms with Crippen LogP contribution in [0.1, 0.15) is 52.2 Å². The molecule has 0 aliphatic carbocycles. The SMILES string of the molecule is C[C@H]1CC[C@@]2(COCO2)[C@H]2CN1C(=O)c1c(O)c(=O)c(C(=O)NCc3c(F)cc(F)cc3F)cn12. The van der Waals surface area contributed by atoms with Gasteiger partial charge in [-0.3, -0.25) is 14.4 Å². The summed E-state index contributed by atoms with van der Waals surface area (Å²) in [6.45, 7) is 1.68. The van der Waals surface area contributed by atoms with Crippen LogP contribution in [0.3, 0.4) is 0 Å². The molecule has 35 heavy (non-hydrogen) atoms. The van der Waals surface area contributed by atoms with Crippen molar-refractivity contribution in [3.8, 4) is 5.75 Å². The van der Waals surface area contributed by atoms with Gasteiger partial charge >= 0.3 is 0 Å². The number of nitrogens with zero attached hydrogens (tertiary/aromatic N) is 2. The smallest absolute Gasteiger partial charge is 0.274 e. The average molecular weight is 493 g/mol. The van der Waals surface area contributed by atoms with Crippen LogP contribution in [0.25, 0.3) is 0 Å². The predicted octanol–water partition coefficient (Wildman–Crippen LogP) is 1.82. The molecule has 1 spiro atoms. The second-order valence-electron chi connectivity index (χ2n) is 9.04. The Kier molecular flexibility index (Phi) is 5.59. The van der Waals surface area contributed by atoms with Crippen molar-refractivity contribution in [2.45, 2.75) is 44.0 Å². The first-order valence-corrected chi connectivity index (χ1v) is 11.1. The Labute approximate surface area is 197 Å². The molecule has 3 atom stereocenters. The minimum atomic E-state index is -1.20. The molecule has 12 heteroatoms. The zero-order valence-corrected chi connectivity index (χ0v) is 18.6. The third kappa shape index (κ3) is 3.67. The molecule has 2 saturated heterocycles. The average Bonchev–Trinajstić information content (AvgIpc) is 3.24. The van der Waals surface area contributed by atoms with Gasteiger partial charge in [-0.2, -0.15) is 0 Å². The van der Waals surface area contributed by atoms with E-state index in [1.54, 1.807) is 4.90 Å². The van der Waals surface area contributed by atoms with E-state index in [4.69, 9.17) is 9.47 Å². The van der Waals surface area contributed by atoms with Gasteiger partial charge in [0.25, 0.3) is 11.8 Å². The summed E-state index contributed by atoms with van der Waals surface area (Å²) in [5.74, 6) is -6.01. The molecule has 2 fully saturated rings. The highest BCUT2D eigenvalue weighted by Crippen LogP contribution is 2.44. The lowest BCUT2D eigenvalue weighted by atomic mass is 9.89. The first-order chi connectivity index (χ1) is 16.6. The fourth-order valence-corrected chi connectivity index (χ4v) is 5.06. The summed E-state index contributed by atoms with van der Waals surface area (Å²) < 4.78 is 53.8. The number of pyridine rings is 1. The Morgan fingerprint density at radius 3 is 2.63 bits per heavy atom. The van der Waals surface area contributed by atoms with Crippen molar-refractivity contribution in [3.05, 3.63) is 62.8 Å². The summed E-state index contributed by atoms with van der Waals surface area (Å²) in [6.07, 6.45) is 2.30. The largest absolute Gasteiger partial charge is 0.503 e. The molecule has 0 unspecified atom stereocenters. The van der Waals surface area contributed by atoms with Crippen molar-refractivity contribution in [2.24, 2.45) is 0 Å². The molecule has 9 nitrogen and oxygen atoms in total. The number of fused-ring (bicyclic) bond motifs is 5. The molecule has 0 radical (unpaired) electrons. The topological polar surface area (TPSA) is 110 Å². The second kappa shape index (κ2) is 8.38. The molecule has 0 saturated carbocycles. The Hall–Kier alpha value is -3.38. The van der Waals surface area contributed by atoms with Crippen LogP contribution in [0.5, 0.6) is 5.75 Å². The number of hydrogen-bond donors (Lipinski definition) is 2. The predicted molar refractivity (Wildman–Crippen MR) is 113 cm³/mol. The Morgan fingerprint density at radius 1 is 1.26 bits per heavy atom. The number of hydrogen-bond acceptors (Lipinski definition) is 6. The van der Waals surface area contributed by atoms with Crippen LogP contribution < -0.4 is 10.7 Å². The molecule has 4 heterocycles. The van der Waals surface area contributed by atoms with Crippen LogP contribution >= 0.6 is 0 Å². The van der Waals surface area contributed by atoms with Crippen molar-refractivity contribution in [1.82, 2.24) is 14.8 Å². The summed E-state index contributed by atoms with van der Waals surface area (Å²) in [5, 5.41) is 12.9. The lowest BCUT2D eigenvalue weighted by Gasteiger charge is -2.42. The van der Waals surface area contributed by atoms with Crippen molar-refractivity contribution in [3.63, 3.8) is 0 Å². The fraction of sp³-hybridized carbons (Fsp3) is 0.435. The van der Waals surface area contributed by atoms with Crippen LogP contribution in [0.15, 0.2) is 23.1 Å². The highest BCUT2D eigenvalue weighted by atomic mass is 19.1. The summed E-state index contributed by atoms with van der Waals surface area (Å²) >= 11 is 0. The van der Waals surface area contributed by atoms with Crippen LogP contribution in [0, 0.1) is 17.5 Å². The Balaban J connectivity index is 1.54. The zero-order valence-electron chi connectivity index (χ0n) is 18.6. The van der Waals surface area contributed by atoms with E-state index in [0.29, 0.717) is 25.0 Å². The van der Waals surface area contributed by atoms with Crippen molar-refractivity contribution in [1.29, 1.82) is 0 Å². The van der Waals surface area contributed by atoms with Gasteiger partial charge < -0.3 is 29.4 Å². The molecule has 5 rings (SSSR count). The van der Waals surface area contributed by atoms with E-state index in [-0.39, 0.29) is 31.7 Å². The number of amides is 2. The number of aromatic hydroxyl groups is 1. The molecular formula is C23H22F3N3O6. The van der Waals surface area contributed by atoms with E-state index < -0.39 is 69.8 Å². The maximum Gasteiger partial charge on any atom is 0.274 e. The first kappa shape index (κ1) is 23.4. The molecule has 2 bridgehead atoms. The number of ether oxygens (including phenoxy) is 2. The van der Waals surface area contributed by atoms with Crippen molar-refractivity contribution >= 4 is 11.8 Å². The first-order valence-electron chi connectivity index (χ1n) is 11.1. The molecule has 186 valence electrons. The molecule has 2 N–H and O–H groups in total. The summed E-state index contributed by atoms with van der Waals surface area (Å²) in [5.41, 5.74) is -3.33. The fourth-order valence-electron chi connectivity index (χ4n) is 5.06. The maximum absolute atomic E-state index is 14.0. The van der Waals surface area contributed by atoms with Crippen LogP contribution in [-0.4, -0.2) is 58.0 Å². The van der Waals surface area contributed by atoms with Gasteiger partial charge in [-0.1, -0.05) is 0 Å². The summed E-state index contributed by atoms with van der Waals surface area (Å²) in [4.78, 5) is 40.5. The minimum absolute atomic E-state index is 0.0441.